The second-order valence-electron chi connectivity index (χ2n) is 6.86. The lowest BCUT2D eigenvalue weighted by Crippen LogP contribution is -2.52. The summed E-state index contributed by atoms with van der Waals surface area (Å²) in [7, 11) is 0. The zero-order valence-electron chi connectivity index (χ0n) is 11.5. The minimum Gasteiger partial charge on any atom is -0.388 e. The van der Waals surface area contributed by atoms with Gasteiger partial charge in [0.05, 0.1) is 6.10 Å². The third-order valence-electron chi connectivity index (χ3n) is 5.71. The molecule has 1 N–H and O–H groups in total. The molecule has 0 spiro atoms. The predicted molar refractivity (Wildman–Crippen MR) is 74.1 cm³/mol. The van der Waals surface area contributed by atoms with Gasteiger partial charge in [0, 0.05) is 0 Å². The van der Waals surface area contributed by atoms with Crippen molar-refractivity contribution < 1.29 is 5.11 Å². The lowest BCUT2D eigenvalue weighted by atomic mass is 9.45. The topological polar surface area (TPSA) is 20.2 Å². The molecule has 98 valence electrons. The minimum absolute atomic E-state index is 0.274. The fourth-order valence-corrected chi connectivity index (χ4v) is 4.34. The Morgan fingerprint density at radius 2 is 1.94 bits per heavy atom. The van der Waals surface area contributed by atoms with Crippen molar-refractivity contribution in [3.8, 4) is 0 Å². The highest BCUT2D eigenvalue weighted by atomic mass is 16.3. The molecule has 3 aliphatic carbocycles. The molecule has 1 heteroatoms. The molecule has 2 bridgehead atoms. The summed E-state index contributed by atoms with van der Waals surface area (Å²) < 4.78 is 0. The predicted octanol–water partition coefficient (Wildman–Crippen LogP) is 4.18. The lowest BCUT2D eigenvalue weighted by Gasteiger charge is -2.60. The van der Waals surface area contributed by atoms with Gasteiger partial charge < -0.3 is 5.11 Å². The Morgan fingerprint density at radius 3 is 2.56 bits per heavy atom. The molecule has 0 aromatic heterocycles. The third kappa shape index (κ3) is 1.89. The van der Waals surface area contributed by atoms with Crippen LogP contribution < -0.4 is 0 Å². The molecule has 4 rings (SSSR count). The van der Waals surface area contributed by atoms with Crippen molar-refractivity contribution in [2.24, 2.45) is 23.2 Å². The third-order valence-corrected chi connectivity index (χ3v) is 5.71. The van der Waals surface area contributed by atoms with E-state index < -0.39 is 0 Å². The van der Waals surface area contributed by atoms with Crippen molar-refractivity contribution in [2.45, 2.75) is 45.6 Å². The molecule has 1 aromatic carbocycles. The van der Waals surface area contributed by atoms with Crippen LogP contribution in [0.25, 0.3) is 0 Å². The zero-order chi connectivity index (χ0) is 12.8. The van der Waals surface area contributed by atoms with Crippen molar-refractivity contribution in [2.75, 3.05) is 0 Å². The fourth-order valence-electron chi connectivity index (χ4n) is 4.34. The maximum Gasteiger partial charge on any atom is 0.0792 e. The first-order valence-corrected chi connectivity index (χ1v) is 7.32. The molecule has 0 saturated heterocycles. The Morgan fingerprint density at radius 1 is 1.22 bits per heavy atom. The van der Waals surface area contributed by atoms with Gasteiger partial charge in [-0.15, -0.1) is 0 Å². The normalized spacial score (nSPS) is 34.7. The van der Waals surface area contributed by atoms with E-state index in [2.05, 4.69) is 13.8 Å². The van der Waals surface area contributed by atoms with Gasteiger partial charge in [-0.1, -0.05) is 44.2 Å². The van der Waals surface area contributed by atoms with Crippen molar-refractivity contribution in [1.82, 2.24) is 0 Å². The smallest absolute Gasteiger partial charge is 0.0792 e. The van der Waals surface area contributed by atoms with Crippen LogP contribution in [0.4, 0.5) is 0 Å². The van der Waals surface area contributed by atoms with Gasteiger partial charge in [0.15, 0.2) is 0 Å². The average molecular weight is 244 g/mol. The first-order chi connectivity index (χ1) is 8.59. The van der Waals surface area contributed by atoms with Gasteiger partial charge >= 0.3 is 0 Å². The largest absolute Gasteiger partial charge is 0.388 e. The van der Waals surface area contributed by atoms with Crippen LogP contribution >= 0.6 is 0 Å². The second-order valence-corrected chi connectivity index (χ2v) is 6.86. The van der Waals surface area contributed by atoms with Gasteiger partial charge in [-0.3, -0.25) is 0 Å². The molecule has 3 fully saturated rings. The first-order valence-electron chi connectivity index (χ1n) is 7.32. The van der Waals surface area contributed by atoms with E-state index in [4.69, 9.17) is 0 Å². The van der Waals surface area contributed by atoms with Crippen LogP contribution in [0.5, 0.6) is 0 Å². The second kappa shape index (κ2) is 4.38. The summed E-state index contributed by atoms with van der Waals surface area (Å²) in [5.41, 5.74) is 1.61. The highest BCUT2D eigenvalue weighted by Gasteiger charge is 2.54. The van der Waals surface area contributed by atoms with E-state index in [9.17, 15) is 5.11 Å². The minimum atomic E-state index is -0.274. The maximum atomic E-state index is 10.4. The van der Waals surface area contributed by atoms with Crippen LogP contribution in [0, 0.1) is 23.2 Å². The highest BCUT2D eigenvalue weighted by Crippen LogP contribution is 2.62. The van der Waals surface area contributed by atoms with Crippen LogP contribution in [0.2, 0.25) is 0 Å². The first kappa shape index (κ1) is 12.2. The van der Waals surface area contributed by atoms with E-state index in [-0.39, 0.29) is 6.10 Å². The van der Waals surface area contributed by atoms with Crippen LogP contribution in [0.15, 0.2) is 30.3 Å². The van der Waals surface area contributed by atoms with E-state index in [1.165, 1.54) is 19.3 Å². The molecule has 0 aliphatic heterocycles. The summed E-state index contributed by atoms with van der Waals surface area (Å²) in [5.74, 6) is 2.52. The molecule has 4 atom stereocenters. The number of hydrogen-bond acceptors (Lipinski definition) is 1. The molecule has 1 nitrogen and oxygen atoms in total. The number of rotatable bonds is 3. The SMILES string of the molecule is CC1(C)[C@H]2CC[C@@H](C[C@H](O)c3ccccc3)[C@@H]1C2. The summed E-state index contributed by atoms with van der Waals surface area (Å²) in [6.07, 6.45) is 4.77. The standard InChI is InChI=1S/C17H24O/c1-17(2)14-9-8-13(15(17)11-14)10-16(18)12-6-4-3-5-7-12/h3-7,13-16,18H,8-11H2,1-2H3/t13-,14-,15-,16-/m0/s1. The maximum absolute atomic E-state index is 10.4. The molecule has 1 aromatic rings. The summed E-state index contributed by atoms with van der Waals surface area (Å²) in [6.45, 7) is 4.85. The highest BCUT2D eigenvalue weighted by molar-refractivity contribution is 5.17. The van der Waals surface area contributed by atoms with E-state index >= 15 is 0 Å². The zero-order valence-corrected chi connectivity index (χ0v) is 11.5. The summed E-state index contributed by atoms with van der Waals surface area (Å²) in [4.78, 5) is 0. The Bertz CT molecular complexity index is 407. The van der Waals surface area contributed by atoms with Gasteiger partial charge in [0.2, 0.25) is 0 Å². The number of fused-ring (bicyclic) bond motifs is 2. The van der Waals surface area contributed by atoms with Crippen LogP contribution in [0.3, 0.4) is 0 Å². The van der Waals surface area contributed by atoms with Crippen LogP contribution in [-0.4, -0.2) is 5.11 Å². The summed E-state index contributed by atoms with van der Waals surface area (Å²) in [5, 5.41) is 10.4. The molecule has 0 amide bonds. The summed E-state index contributed by atoms with van der Waals surface area (Å²) >= 11 is 0. The molecule has 3 aliphatic rings. The van der Waals surface area contributed by atoms with E-state index in [1.54, 1.807) is 0 Å². The van der Waals surface area contributed by atoms with Gasteiger partial charge in [0.1, 0.15) is 0 Å². The van der Waals surface area contributed by atoms with Crippen molar-refractivity contribution in [3.63, 3.8) is 0 Å². The molecule has 0 unspecified atom stereocenters. The lowest BCUT2D eigenvalue weighted by molar-refractivity contribution is -0.114. The molecular weight excluding hydrogens is 220 g/mol. The van der Waals surface area contributed by atoms with Crippen molar-refractivity contribution in [3.05, 3.63) is 35.9 Å². The fraction of sp³-hybridized carbons (Fsp3) is 0.647. The number of hydrogen-bond donors (Lipinski definition) is 1. The molecule has 3 saturated carbocycles. The van der Waals surface area contributed by atoms with Crippen LogP contribution in [-0.2, 0) is 0 Å². The van der Waals surface area contributed by atoms with Crippen LogP contribution in [0.1, 0.15) is 51.2 Å². The Labute approximate surface area is 110 Å². The number of aliphatic hydroxyl groups is 1. The summed E-state index contributed by atoms with van der Waals surface area (Å²) in [6, 6.07) is 10.1. The van der Waals surface area contributed by atoms with Gasteiger partial charge in [0.25, 0.3) is 0 Å². The van der Waals surface area contributed by atoms with Gasteiger partial charge in [-0.2, -0.15) is 0 Å². The molecular formula is C17H24O. The quantitative estimate of drug-likeness (QED) is 0.845. The number of aliphatic hydroxyl groups excluding tert-OH is 1. The van der Waals surface area contributed by atoms with Gasteiger partial charge in [-0.25, -0.2) is 0 Å². The Kier molecular flexibility index (Phi) is 2.97. The van der Waals surface area contributed by atoms with Crippen molar-refractivity contribution in [1.29, 1.82) is 0 Å². The Hall–Kier alpha value is -0.820. The Balaban J connectivity index is 1.67. The number of benzene rings is 1. The molecule has 18 heavy (non-hydrogen) atoms. The molecule has 0 radical (unpaired) electrons. The molecule has 0 heterocycles. The van der Waals surface area contributed by atoms with E-state index in [0.29, 0.717) is 5.41 Å². The van der Waals surface area contributed by atoms with E-state index in [0.717, 1.165) is 29.7 Å². The monoisotopic (exact) mass is 244 g/mol. The average Bonchev–Trinajstić information content (AvgIpc) is 2.39. The van der Waals surface area contributed by atoms with E-state index in [1.807, 2.05) is 30.3 Å². The van der Waals surface area contributed by atoms with Gasteiger partial charge in [-0.05, 0) is 54.4 Å². The van der Waals surface area contributed by atoms with Crippen molar-refractivity contribution >= 4 is 0 Å².